The first-order valence-electron chi connectivity index (χ1n) is 8.87. The van der Waals surface area contributed by atoms with Gasteiger partial charge >= 0.3 is 0 Å². The largest absolute Gasteiger partial charge is 0.378 e. The molecule has 0 atom stereocenters. The van der Waals surface area contributed by atoms with Gasteiger partial charge < -0.3 is 19.1 Å². The molecule has 3 aromatic rings. The van der Waals surface area contributed by atoms with Crippen LogP contribution in [-0.4, -0.2) is 60.5 Å². The van der Waals surface area contributed by atoms with Gasteiger partial charge in [-0.25, -0.2) is 4.98 Å². The Kier molecular flexibility index (Phi) is 4.24. The number of amides is 1. The van der Waals surface area contributed by atoms with E-state index in [4.69, 9.17) is 0 Å². The summed E-state index contributed by atoms with van der Waals surface area (Å²) in [4.78, 5) is 23.5. The average molecular weight is 349 g/mol. The molecule has 1 fully saturated rings. The second-order valence-electron chi connectivity index (χ2n) is 6.78. The van der Waals surface area contributed by atoms with Crippen LogP contribution < -0.4 is 9.80 Å². The standard InChI is InChI=1S/C20H23N5O/c1-22(2)16-6-8-17(9-7-16)23-11-13-24(14-12-23)20(26)18-15-25-10-4-3-5-19(25)21-18/h3-10,15H,11-14H2,1-2H3. The van der Waals surface area contributed by atoms with Gasteiger partial charge in [0.2, 0.25) is 0 Å². The van der Waals surface area contributed by atoms with Gasteiger partial charge in [0.05, 0.1) is 0 Å². The van der Waals surface area contributed by atoms with Crippen LogP contribution >= 0.6 is 0 Å². The lowest BCUT2D eigenvalue weighted by atomic mass is 10.2. The Balaban J connectivity index is 1.42. The molecule has 1 saturated heterocycles. The number of pyridine rings is 1. The van der Waals surface area contributed by atoms with E-state index in [2.05, 4.69) is 39.0 Å². The summed E-state index contributed by atoms with van der Waals surface area (Å²) < 4.78 is 1.88. The fourth-order valence-corrected chi connectivity index (χ4v) is 3.33. The van der Waals surface area contributed by atoms with Gasteiger partial charge in [-0.1, -0.05) is 6.07 Å². The Bertz CT molecular complexity index is 874. The zero-order chi connectivity index (χ0) is 18.1. The second kappa shape index (κ2) is 6.71. The van der Waals surface area contributed by atoms with Gasteiger partial charge in [-0.3, -0.25) is 4.79 Å². The lowest BCUT2D eigenvalue weighted by molar-refractivity contribution is 0.0741. The number of benzene rings is 1. The number of carbonyl (C=O) groups is 1. The van der Waals surface area contributed by atoms with Crippen molar-refractivity contribution in [3.05, 3.63) is 60.6 Å². The Labute approximate surface area is 153 Å². The zero-order valence-electron chi connectivity index (χ0n) is 15.2. The third-order valence-electron chi connectivity index (χ3n) is 4.88. The quantitative estimate of drug-likeness (QED) is 0.728. The van der Waals surface area contributed by atoms with E-state index in [1.807, 2.05) is 54.0 Å². The Morgan fingerprint density at radius 2 is 1.73 bits per heavy atom. The number of piperazine rings is 1. The molecule has 1 aliphatic heterocycles. The number of anilines is 2. The van der Waals surface area contributed by atoms with Crippen LogP contribution in [0.15, 0.2) is 54.9 Å². The number of hydrogen-bond donors (Lipinski definition) is 0. The van der Waals surface area contributed by atoms with Crippen molar-refractivity contribution in [3.63, 3.8) is 0 Å². The topological polar surface area (TPSA) is 44.1 Å². The van der Waals surface area contributed by atoms with Gasteiger partial charge in [0.1, 0.15) is 11.3 Å². The highest BCUT2D eigenvalue weighted by Gasteiger charge is 2.24. The molecule has 134 valence electrons. The average Bonchev–Trinajstić information content (AvgIpc) is 3.12. The normalized spacial score (nSPS) is 14.7. The second-order valence-corrected chi connectivity index (χ2v) is 6.78. The fourth-order valence-electron chi connectivity index (χ4n) is 3.33. The summed E-state index contributed by atoms with van der Waals surface area (Å²) in [5, 5.41) is 0. The number of nitrogens with zero attached hydrogens (tertiary/aromatic N) is 5. The molecule has 1 aliphatic rings. The lowest BCUT2D eigenvalue weighted by Crippen LogP contribution is -2.48. The highest BCUT2D eigenvalue weighted by atomic mass is 16.2. The highest BCUT2D eigenvalue weighted by Crippen LogP contribution is 2.21. The van der Waals surface area contributed by atoms with Crippen molar-refractivity contribution in [2.24, 2.45) is 0 Å². The predicted molar refractivity (Wildman–Crippen MR) is 104 cm³/mol. The summed E-state index contributed by atoms with van der Waals surface area (Å²) >= 11 is 0. The van der Waals surface area contributed by atoms with Crippen LogP contribution in [0.25, 0.3) is 5.65 Å². The van der Waals surface area contributed by atoms with Crippen molar-refractivity contribution < 1.29 is 4.79 Å². The number of aromatic nitrogens is 2. The summed E-state index contributed by atoms with van der Waals surface area (Å²) in [5.41, 5.74) is 3.71. The van der Waals surface area contributed by atoms with E-state index >= 15 is 0 Å². The van der Waals surface area contributed by atoms with Crippen LogP contribution in [0, 0.1) is 0 Å². The molecule has 26 heavy (non-hydrogen) atoms. The van der Waals surface area contributed by atoms with Crippen LogP contribution in [0.1, 0.15) is 10.5 Å². The van der Waals surface area contributed by atoms with E-state index in [9.17, 15) is 4.79 Å². The highest BCUT2D eigenvalue weighted by molar-refractivity contribution is 5.93. The van der Waals surface area contributed by atoms with E-state index in [0.717, 1.165) is 18.7 Å². The molecule has 0 aliphatic carbocycles. The fraction of sp³-hybridized carbons (Fsp3) is 0.300. The van der Waals surface area contributed by atoms with Crippen molar-refractivity contribution in [1.29, 1.82) is 0 Å². The van der Waals surface area contributed by atoms with Crippen molar-refractivity contribution in [2.75, 3.05) is 50.1 Å². The minimum absolute atomic E-state index is 0.0105. The van der Waals surface area contributed by atoms with Crippen molar-refractivity contribution in [1.82, 2.24) is 14.3 Å². The van der Waals surface area contributed by atoms with E-state index in [0.29, 0.717) is 18.8 Å². The van der Waals surface area contributed by atoms with Gasteiger partial charge in [0.25, 0.3) is 5.91 Å². The summed E-state index contributed by atoms with van der Waals surface area (Å²) in [6.45, 7) is 3.09. The number of imidazole rings is 1. The minimum Gasteiger partial charge on any atom is -0.378 e. The van der Waals surface area contributed by atoms with Gasteiger partial charge in [-0.2, -0.15) is 0 Å². The van der Waals surface area contributed by atoms with Gasteiger partial charge in [0.15, 0.2) is 0 Å². The molecule has 0 spiro atoms. The van der Waals surface area contributed by atoms with Crippen LogP contribution in [0.3, 0.4) is 0 Å². The molecule has 1 amide bonds. The molecule has 2 aromatic heterocycles. The molecule has 3 heterocycles. The Morgan fingerprint density at radius 3 is 2.38 bits per heavy atom. The van der Waals surface area contributed by atoms with Crippen LogP contribution in [0.5, 0.6) is 0 Å². The molecule has 0 saturated carbocycles. The van der Waals surface area contributed by atoms with Crippen LogP contribution in [-0.2, 0) is 0 Å². The Morgan fingerprint density at radius 1 is 1.00 bits per heavy atom. The van der Waals surface area contributed by atoms with Gasteiger partial charge in [-0.05, 0) is 36.4 Å². The maximum atomic E-state index is 12.8. The van der Waals surface area contributed by atoms with Crippen molar-refractivity contribution in [3.8, 4) is 0 Å². The summed E-state index contributed by atoms with van der Waals surface area (Å²) in [5.74, 6) is 0.0105. The first kappa shape index (κ1) is 16.4. The Hall–Kier alpha value is -3.02. The molecule has 0 unspecified atom stereocenters. The predicted octanol–water partition coefficient (Wildman–Crippen LogP) is 2.36. The van der Waals surface area contributed by atoms with Crippen LogP contribution in [0.2, 0.25) is 0 Å². The maximum absolute atomic E-state index is 12.8. The summed E-state index contributed by atoms with van der Waals surface area (Å²) in [6.07, 6.45) is 3.72. The molecule has 1 aromatic carbocycles. The van der Waals surface area contributed by atoms with E-state index in [-0.39, 0.29) is 5.91 Å². The van der Waals surface area contributed by atoms with Crippen LogP contribution in [0.4, 0.5) is 11.4 Å². The lowest BCUT2D eigenvalue weighted by Gasteiger charge is -2.36. The van der Waals surface area contributed by atoms with Gasteiger partial charge in [-0.15, -0.1) is 0 Å². The summed E-state index contributed by atoms with van der Waals surface area (Å²) in [6, 6.07) is 14.3. The van der Waals surface area contributed by atoms with E-state index in [1.54, 1.807) is 0 Å². The monoisotopic (exact) mass is 349 g/mol. The third kappa shape index (κ3) is 3.10. The molecule has 0 bridgehead atoms. The smallest absolute Gasteiger partial charge is 0.274 e. The number of fused-ring (bicyclic) bond motifs is 1. The number of carbonyl (C=O) groups excluding carboxylic acids is 1. The molecule has 6 nitrogen and oxygen atoms in total. The number of rotatable bonds is 3. The first-order chi connectivity index (χ1) is 12.6. The molecule has 0 N–H and O–H groups in total. The molecule has 4 rings (SSSR count). The van der Waals surface area contributed by atoms with Gasteiger partial charge in [0, 0.05) is 64.0 Å². The molecule has 0 radical (unpaired) electrons. The molecular formula is C20H23N5O. The van der Waals surface area contributed by atoms with Crippen molar-refractivity contribution in [2.45, 2.75) is 0 Å². The zero-order valence-corrected chi connectivity index (χ0v) is 15.2. The minimum atomic E-state index is 0.0105. The molecular weight excluding hydrogens is 326 g/mol. The van der Waals surface area contributed by atoms with Crippen molar-refractivity contribution >= 4 is 22.9 Å². The first-order valence-corrected chi connectivity index (χ1v) is 8.87. The SMILES string of the molecule is CN(C)c1ccc(N2CCN(C(=O)c3cn4ccccc4n3)CC2)cc1. The van der Waals surface area contributed by atoms with E-state index < -0.39 is 0 Å². The summed E-state index contributed by atoms with van der Waals surface area (Å²) in [7, 11) is 4.08. The molecule has 6 heteroatoms. The third-order valence-corrected chi connectivity index (χ3v) is 4.88. The van der Waals surface area contributed by atoms with E-state index in [1.165, 1.54) is 11.4 Å². The maximum Gasteiger partial charge on any atom is 0.274 e. The number of hydrogen-bond acceptors (Lipinski definition) is 4.